The molecule has 26 heavy (non-hydrogen) atoms. The van der Waals surface area contributed by atoms with E-state index in [0.717, 1.165) is 25.7 Å². The van der Waals surface area contributed by atoms with E-state index in [1.807, 2.05) is 0 Å². The van der Waals surface area contributed by atoms with E-state index in [1.54, 1.807) is 0 Å². The monoisotopic (exact) mass is 364 g/mol. The fourth-order valence-corrected chi connectivity index (χ4v) is 4.67. The summed E-state index contributed by atoms with van der Waals surface area (Å²) < 4.78 is 0. The lowest BCUT2D eigenvalue weighted by Crippen LogP contribution is -2.46. The van der Waals surface area contributed by atoms with E-state index in [4.69, 9.17) is 0 Å². The molecule has 2 N–H and O–H groups in total. The third-order valence-corrected chi connectivity index (χ3v) is 6.38. The number of hydrogen-bond acceptors (Lipinski definition) is 1. The maximum Gasteiger partial charge on any atom is 0.315 e. The van der Waals surface area contributed by atoms with E-state index in [-0.39, 0.29) is 6.03 Å². The minimum absolute atomic E-state index is 0.102. The van der Waals surface area contributed by atoms with Crippen molar-refractivity contribution in [3.8, 4) is 0 Å². The van der Waals surface area contributed by atoms with Crippen LogP contribution in [-0.2, 0) is 0 Å². The van der Waals surface area contributed by atoms with Gasteiger partial charge >= 0.3 is 6.03 Å². The van der Waals surface area contributed by atoms with Crippen molar-refractivity contribution < 1.29 is 4.79 Å². The highest BCUT2D eigenvalue weighted by Gasteiger charge is 2.16. The lowest BCUT2D eigenvalue weighted by atomic mass is 10.0. The topological polar surface area (TPSA) is 41.1 Å². The first-order chi connectivity index (χ1) is 12.8. The molecule has 2 rings (SSSR count). The first kappa shape index (κ1) is 21.6. The summed E-state index contributed by atoms with van der Waals surface area (Å²) in [5.41, 5.74) is 0. The summed E-state index contributed by atoms with van der Waals surface area (Å²) in [7, 11) is 0. The van der Waals surface area contributed by atoms with Gasteiger partial charge in [-0.1, -0.05) is 103 Å². The van der Waals surface area contributed by atoms with Gasteiger partial charge in [0.2, 0.25) is 0 Å². The van der Waals surface area contributed by atoms with E-state index < -0.39 is 0 Å². The zero-order valence-corrected chi connectivity index (χ0v) is 17.2. The smallest absolute Gasteiger partial charge is 0.315 e. The van der Waals surface area contributed by atoms with Gasteiger partial charge in [0.25, 0.3) is 0 Å². The van der Waals surface area contributed by atoms with E-state index >= 15 is 0 Å². The van der Waals surface area contributed by atoms with Gasteiger partial charge in [-0.3, -0.25) is 0 Å². The Morgan fingerprint density at radius 2 is 0.654 bits per heavy atom. The van der Waals surface area contributed by atoms with Crippen LogP contribution in [0.25, 0.3) is 0 Å². The molecule has 2 saturated carbocycles. The lowest BCUT2D eigenvalue weighted by molar-refractivity contribution is 0.228. The maximum atomic E-state index is 12.6. The van der Waals surface area contributed by atoms with Crippen LogP contribution < -0.4 is 10.6 Å². The minimum atomic E-state index is 0.102. The molecule has 2 aliphatic rings. The van der Waals surface area contributed by atoms with Crippen molar-refractivity contribution >= 4 is 6.03 Å². The summed E-state index contributed by atoms with van der Waals surface area (Å²) in [5, 5.41) is 6.66. The molecule has 2 aliphatic carbocycles. The third kappa shape index (κ3) is 10.4. The van der Waals surface area contributed by atoms with Crippen LogP contribution in [0.2, 0.25) is 0 Å². The van der Waals surface area contributed by atoms with Crippen molar-refractivity contribution in [2.24, 2.45) is 0 Å². The Kier molecular flexibility index (Phi) is 11.9. The van der Waals surface area contributed by atoms with Gasteiger partial charge in [0.05, 0.1) is 0 Å². The standard InChI is InChI=1S/C23H44N2O/c26-23(24-21-17-13-9-5-1-2-6-10-14-18-21)25-22-19-15-11-7-3-4-8-12-16-20-22/h21-22H,1-20H2,(H2,24,25,26). The van der Waals surface area contributed by atoms with Gasteiger partial charge in [-0.15, -0.1) is 0 Å². The molecule has 0 saturated heterocycles. The molecule has 0 heterocycles. The van der Waals surface area contributed by atoms with Crippen molar-refractivity contribution in [2.75, 3.05) is 0 Å². The maximum absolute atomic E-state index is 12.6. The molecule has 0 bridgehead atoms. The first-order valence-electron chi connectivity index (χ1n) is 11.9. The van der Waals surface area contributed by atoms with Gasteiger partial charge in [-0.25, -0.2) is 4.79 Å². The number of carbonyl (C=O) groups is 1. The average Bonchev–Trinajstić information content (AvgIpc) is 2.72. The van der Waals surface area contributed by atoms with Crippen molar-refractivity contribution in [1.82, 2.24) is 10.6 Å². The number of nitrogens with one attached hydrogen (secondary N) is 2. The second-order valence-corrected chi connectivity index (χ2v) is 8.82. The quantitative estimate of drug-likeness (QED) is 0.552. The number of urea groups is 1. The summed E-state index contributed by atoms with van der Waals surface area (Å²) in [6, 6.07) is 0.872. The predicted molar refractivity (Wildman–Crippen MR) is 112 cm³/mol. The number of hydrogen-bond donors (Lipinski definition) is 2. The fraction of sp³-hybridized carbons (Fsp3) is 0.957. The highest BCUT2D eigenvalue weighted by atomic mass is 16.2. The first-order valence-corrected chi connectivity index (χ1v) is 11.9. The molecule has 152 valence electrons. The van der Waals surface area contributed by atoms with Crippen LogP contribution >= 0.6 is 0 Å². The van der Waals surface area contributed by atoms with Crippen molar-refractivity contribution in [3.63, 3.8) is 0 Å². The highest BCUT2D eigenvalue weighted by molar-refractivity contribution is 5.74. The molecular formula is C23H44N2O. The Morgan fingerprint density at radius 3 is 0.923 bits per heavy atom. The molecule has 2 amide bonds. The fourth-order valence-electron chi connectivity index (χ4n) is 4.67. The molecule has 0 aliphatic heterocycles. The third-order valence-electron chi connectivity index (χ3n) is 6.38. The molecule has 0 aromatic carbocycles. The van der Waals surface area contributed by atoms with Crippen molar-refractivity contribution in [2.45, 2.75) is 141 Å². The number of amides is 2. The molecule has 2 fully saturated rings. The van der Waals surface area contributed by atoms with Crippen LogP contribution in [0, 0.1) is 0 Å². The normalized spacial score (nSPS) is 24.0. The summed E-state index contributed by atoms with van der Waals surface area (Å²) in [4.78, 5) is 12.6. The minimum Gasteiger partial charge on any atom is -0.335 e. The van der Waals surface area contributed by atoms with Crippen LogP contribution in [0.3, 0.4) is 0 Å². The summed E-state index contributed by atoms with van der Waals surface area (Å²) in [5.74, 6) is 0. The van der Waals surface area contributed by atoms with Gasteiger partial charge in [-0.05, 0) is 25.7 Å². The average molecular weight is 365 g/mol. The summed E-state index contributed by atoms with van der Waals surface area (Å²) in [6.07, 6.45) is 26.2. The summed E-state index contributed by atoms with van der Waals surface area (Å²) >= 11 is 0. The number of rotatable bonds is 2. The van der Waals surface area contributed by atoms with Crippen LogP contribution in [0.5, 0.6) is 0 Å². The molecule has 0 radical (unpaired) electrons. The molecule has 3 nitrogen and oxygen atoms in total. The van der Waals surface area contributed by atoms with Crippen molar-refractivity contribution in [3.05, 3.63) is 0 Å². The zero-order chi connectivity index (χ0) is 18.3. The van der Waals surface area contributed by atoms with E-state index in [2.05, 4.69) is 10.6 Å². The van der Waals surface area contributed by atoms with Crippen LogP contribution in [0.4, 0.5) is 4.79 Å². The second kappa shape index (κ2) is 14.3. The van der Waals surface area contributed by atoms with E-state index in [0.29, 0.717) is 12.1 Å². The van der Waals surface area contributed by atoms with Crippen LogP contribution in [-0.4, -0.2) is 18.1 Å². The Morgan fingerprint density at radius 1 is 0.423 bits per heavy atom. The lowest BCUT2D eigenvalue weighted by Gasteiger charge is -2.23. The Labute approximate surface area is 162 Å². The predicted octanol–water partition coefficient (Wildman–Crippen LogP) is 6.85. The molecule has 0 atom stereocenters. The summed E-state index contributed by atoms with van der Waals surface area (Å²) in [6.45, 7) is 0. The van der Waals surface area contributed by atoms with Crippen molar-refractivity contribution in [1.29, 1.82) is 0 Å². The molecule has 0 aromatic heterocycles. The largest absolute Gasteiger partial charge is 0.335 e. The Bertz CT molecular complexity index is 302. The Balaban J connectivity index is 1.73. The molecule has 0 unspecified atom stereocenters. The van der Waals surface area contributed by atoms with Crippen LogP contribution in [0.15, 0.2) is 0 Å². The SMILES string of the molecule is O=C(NC1CCCCCCCCCC1)NC1CCCCCCCCCC1. The molecule has 0 spiro atoms. The van der Waals surface area contributed by atoms with Gasteiger partial charge in [0, 0.05) is 12.1 Å². The number of carbonyl (C=O) groups excluding carboxylic acids is 1. The van der Waals surface area contributed by atoms with Gasteiger partial charge in [0.1, 0.15) is 0 Å². The molecule has 3 heteroatoms. The molecular weight excluding hydrogens is 320 g/mol. The van der Waals surface area contributed by atoms with Gasteiger partial charge < -0.3 is 10.6 Å². The molecule has 0 aromatic rings. The van der Waals surface area contributed by atoms with E-state index in [1.165, 1.54) is 103 Å². The van der Waals surface area contributed by atoms with E-state index in [9.17, 15) is 4.79 Å². The van der Waals surface area contributed by atoms with Crippen LogP contribution in [0.1, 0.15) is 128 Å². The Hall–Kier alpha value is -0.730. The van der Waals surface area contributed by atoms with Gasteiger partial charge in [0.15, 0.2) is 0 Å². The van der Waals surface area contributed by atoms with Gasteiger partial charge in [-0.2, -0.15) is 0 Å². The second-order valence-electron chi connectivity index (χ2n) is 8.82. The zero-order valence-electron chi connectivity index (χ0n) is 17.2. The highest BCUT2D eigenvalue weighted by Crippen LogP contribution is 2.18.